The minimum Gasteiger partial charge on any atom is -0.378 e. The summed E-state index contributed by atoms with van der Waals surface area (Å²) < 4.78 is 6.81. The van der Waals surface area contributed by atoms with Gasteiger partial charge in [0.05, 0.1) is 24.0 Å². The number of nitrogens with one attached hydrogen (secondary N) is 1. The van der Waals surface area contributed by atoms with Crippen LogP contribution in [0.1, 0.15) is 19.3 Å². The lowest BCUT2D eigenvalue weighted by atomic mass is 10.1. The summed E-state index contributed by atoms with van der Waals surface area (Å²) in [4.78, 5) is 4.16. The summed E-state index contributed by atoms with van der Waals surface area (Å²) in [5.74, 6) is 0.792. The van der Waals surface area contributed by atoms with Gasteiger partial charge in [0.2, 0.25) is 0 Å². The van der Waals surface area contributed by atoms with Crippen molar-refractivity contribution in [3.63, 3.8) is 0 Å². The fourth-order valence-corrected chi connectivity index (χ4v) is 2.72. The van der Waals surface area contributed by atoms with Crippen LogP contribution in [0.4, 0.5) is 5.69 Å². The Bertz CT molecular complexity index is 381. The highest BCUT2D eigenvalue weighted by atomic mass is 79.9. The molecule has 2 heterocycles. The fourth-order valence-electron chi connectivity index (χ4n) is 2.36. The Balaban J connectivity index is 1.69. The minimum atomic E-state index is 0.416. The summed E-state index contributed by atoms with van der Waals surface area (Å²) in [6, 6.07) is 2.53. The number of pyridine rings is 1. The van der Waals surface area contributed by atoms with Gasteiger partial charge in [0, 0.05) is 17.3 Å². The lowest BCUT2D eigenvalue weighted by molar-refractivity contribution is 0.0898. The zero-order valence-electron chi connectivity index (χ0n) is 9.03. The highest BCUT2D eigenvalue weighted by molar-refractivity contribution is 9.10. The first-order valence-corrected chi connectivity index (χ1v) is 6.61. The molecule has 1 aliphatic carbocycles. The first-order valence-electron chi connectivity index (χ1n) is 5.81. The van der Waals surface area contributed by atoms with Crippen LogP contribution >= 0.6 is 15.9 Å². The second-order valence-corrected chi connectivity index (χ2v) is 5.52. The number of ether oxygens (including phenoxy) is 1. The molecule has 0 aromatic carbocycles. The maximum atomic E-state index is 5.80. The number of nitrogens with zero attached hydrogens (tertiary/aromatic N) is 1. The minimum absolute atomic E-state index is 0.416. The monoisotopic (exact) mass is 282 g/mol. The maximum absolute atomic E-state index is 5.80. The highest BCUT2D eigenvalue weighted by Gasteiger charge is 2.40. The van der Waals surface area contributed by atoms with Crippen molar-refractivity contribution < 1.29 is 4.74 Å². The number of rotatable bonds is 3. The molecule has 2 atom stereocenters. The van der Waals surface area contributed by atoms with Gasteiger partial charge in [-0.25, -0.2) is 0 Å². The molecule has 16 heavy (non-hydrogen) atoms. The lowest BCUT2D eigenvalue weighted by Gasteiger charge is -2.20. The molecule has 0 spiro atoms. The molecular formula is C12H15BrN2O. The predicted octanol–water partition coefficient (Wildman–Crippen LogP) is 2.82. The zero-order valence-corrected chi connectivity index (χ0v) is 10.6. The van der Waals surface area contributed by atoms with E-state index in [1.165, 1.54) is 12.8 Å². The van der Waals surface area contributed by atoms with Crippen LogP contribution in [0.3, 0.4) is 0 Å². The standard InChI is InChI=1S/C12H15BrN2O/c13-9-5-10(7-14-6-9)15-11-3-4-16-12(11)8-1-2-8/h5-8,11-12,15H,1-4H2. The van der Waals surface area contributed by atoms with Crippen LogP contribution < -0.4 is 5.32 Å². The van der Waals surface area contributed by atoms with Gasteiger partial charge >= 0.3 is 0 Å². The number of aromatic nitrogens is 1. The Morgan fingerprint density at radius 3 is 2.94 bits per heavy atom. The molecule has 3 rings (SSSR count). The Morgan fingerprint density at radius 1 is 1.31 bits per heavy atom. The van der Waals surface area contributed by atoms with E-state index in [-0.39, 0.29) is 0 Å². The van der Waals surface area contributed by atoms with E-state index in [9.17, 15) is 0 Å². The molecule has 0 radical (unpaired) electrons. The Hall–Kier alpha value is -0.610. The van der Waals surface area contributed by atoms with Gasteiger partial charge in [-0.3, -0.25) is 4.98 Å². The van der Waals surface area contributed by atoms with E-state index in [2.05, 4.69) is 32.3 Å². The number of hydrogen-bond acceptors (Lipinski definition) is 3. The topological polar surface area (TPSA) is 34.2 Å². The van der Waals surface area contributed by atoms with E-state index in [4.69, 9.17) is 4.74 Å². The van der Waals surface area contributed by atoms with Crippen molar-refractivity contribution in [3.8, 4) is 0 Å². The highest BCUT2D eigenvalue weighted by Crippen LogP contribution is 2.39. The first kappa shape index (κ1) is 10.5. The van der Waals surface area contributed by atoms with Gasteiger partial charge in [0.15, 0.2) is 0 Å². The molecule has 0 amide bonds. The first-order chi connectivity index (χ1) is 7.83. The molecule has 86 valence electrons. The Morgan fingerprint density at radius 2 is 2.19 bits per heavy atom. The van der Waals surface area contributed by atoms with Gasteiger partial charge in [0.25, 0.3) is 0 Å². The third kappa shape index (κ3) is 2.23. The van der Waals surface area contributed by atoms with E-state index in [1.54, 1.807) is 6.20 Å². The van der Waals surface area contributed by atoms with Crippen molar-refractivity contribution in [3.05, 3.63) is 22.9 Å². The summed E-state index contributed by atoms with van der Waals surface area (Å²) in [6.07, 6.45) is 7.85. The number of hydrogen-bond donors (Lipinski definition) is 1. The van der Waals surface area contributed by atoms with Gasteiger partial charge in [-0.2, -0.15) is 0 Å². The van der Waals surface area contributed by atoms with Crippen molar-refractivity contribution in [2.24, 2.45) is 5.92 Å². The van der Waals surface area contributed by atoms with Crippen molar-refractivity contribution in [1.29, 1.82) is 0 Å². The van der Waals surface area contributed by atoms with E-state index in [0.29, 0.717) is 12.1 Å². The van der Waals surface area contributed by atoms with Crippen LogP contribution in [0.25, 0.3) is 0 Å². The molecule has 1 aromatic rings. The lowest BCUT2D eigenvalue weighted by Crippen LogP contribution is -2.30. The van der Waals surface area contributed by atoms with E-state index in [0.717, 1.165) is 29.1 Å². The molecular weight excluding hydrogens is 268 g/mol. The third-order valence-corrected chi connectivity index (χ3v) is 3.71. The molecule has 3 nitrogen and oxygen atoms in total. The molecule has 1 aliphatic heterocycles. The molecule has 2 fully saturated rings. The normalized spacial score (nSPS) is 29.3. The van der Waals surface area contributed by atoms with Gasteiger partial charge in [-0.15, -0.1) is 0 Å². The number of anilines is 1. The molecule has 1 aromatic heterocycles. The molecule has 0 bridgehead atoms. The third-order valence-electron chi connectivity index (χ3n) is 3.28. The summed E-state index contributed by atoms with van der Waals surface area (Å²) in [6.45, 7) is 0.889. The smallest absolute Gasteiger partial charge is 0.0804 e. The average Bonchev–Trinajstić information content (AvgIpc) is 3.00. The Labute approximate surface area is 104 Å². The average molecular weight is 283 g/mol. The van der Waals surface area contributed by atoms with Crippen molar-refractivity contribution >= 4 is 21.6 Å². The molecule has 1 saturated heterocycles. The summed E-state index contributed by atoms with van der Waals surface area (Å²) >= 11 is 3.43. The molecule has 1 N–H and O–H groups in total. The number of halogens is 1. The second-order valence-electron chi connectivity index (χ2n) is 4.60. The van der Waals surface area contributed by atoms with E-state index >= 15 is 0 Å². The summed E-state index contributed by atoms with van der Waals surface area (Å²) in [7, 11) is 0. The van der Waals surface area contributed by atoms with Crippen molar-refractivity contribution in [2.45, 2.75) is 31.4 Å². The SMILES string of the molecule is Brc1cncc(NC2CCOC2C2CC2)c1. The summed E-state index contributed by atoms with van der Waals surface area (Å²) in [5, 5.41) is 3.54. The van der Waals surface area contributed by atoms with Crippen LogP contribution in [-0.4, -0.2) is 23.7 Å². The van der Waals surface area contributed by atoms with Crippen LogP contribution in [0.15, 0.2) is 22.9 Å². The molecule has 1 saturated carbocycles. The van der Waals surface area contributed by atoms with E-state index in [1.807, 2.05) is 6.20 Å². The van der Waals surface area contributed by atoms with Gasteiger partial charge in [-0.05, 0) is 47.2 Å². The van der Waals surface area contributed by atoms with Gasteiger partial charge in [0.1, 0.15) is 0 Å². The largest absolute Gasteiger partial charge is 0.378 e. The van der Waals surface area contributed by atoms with Crippen LogP contribution in [0.2, 0.25) is 0 Å². The maximum Gasteiger partial charge on any atom is 0.0804 e. The summed E-state index contributed by atoms with van der Waals surface area (Å²) in [5.41, 5.74) is 1.08. The fraction of sp³-hybridized carbons (Fsp3) is 0.583. The predicted molar refractivity (Wildman–Crippen MR) is 66.4 cm³/mol. The molecule has 4 heteroatoms. The van der Waals surface area contributed by atoms with Crippen LogP contribution in [0.5, 0.6) is 0 Å². The zero-order chi connectivity index (χ0) is 11.0. The van der Waals surface area contributed by atoms with Crippen molar-refractivity contribution in [2.75, 3.05) is 11.9 Å². The van der Waals surface area contributed by atoms with Crippen molar-refractivity contribution in [1.82, 2.24) is 4.98 Å². The van der Waals surface area contributed by atoms with Crippen LogP contribution in [-0.2, 0) is 4.74 Å². The Kier molecular flexibility index (Phi) is 2.86. The molecule has 2 aliphatic rings. The van der Waals surface area contributed by atoms with Gasteiger partial charge in [-0.1, -0.05) is 0 Å². The van der Waals surface area contributed by atoms with Gasteiger partial charge < -0.3 is 10.1 Å². The molecule has 2 unspecified atom stereocenters. The quantitative estimate of drug-likeness (QED) is 0.926. The second kappa shape index (κ2) is 4.34. The van der Waals surface area contributed by atoms with E-state index < -0.39 is 0 Å². The van der Waals surface area contributed by atoms with Crippen LogP contribution in [0, 0.1) is 5.92 Å².